The highest BCUT2D eigenvalue weighted by Crippen LogP contribution is 2.16. The smallest absolute Gasteiger partial charge is 0.309 e. The Labute approximate surface area is 133 Å². The van der Waals surface area contributed by atoms with E-state index in [1.807, 2.05) is 12.1 Å². The standard InChI is InChI=1S/C17H17FN2O3/c1-23-15-9-5-3-7-13(15)11-20-17(22)16(21)19-10-12-6-2-4-8-14(12)18/h2-9H,10-11H2,1H3,(H,19,21)(H,20,22). The van der Waals surface area contributed by atoms with Gasteiger partial charge in [0.05, 0.1) is 7.11 Å². The van der Waals surface area contributed by atoms with Crippen molar-refractivity contribution < 1.29 is 18.7 Å². The first-order chi connectivity index (χ1) is 11.1. The van der Waals surface area contributed by atoms with Gasteiger partial charge in [-0.1, -0.05) is 36.4 Å². The van der Waals surface area contributed by atoms with Gasteiger partial charge in [0.2, 0.25) is 0 Å². The summed E-state index contributed by atoms with van der Waals surface area (Å²) in [6, 6.07) is 13.2. The van der Waals surface area contributed by atoms with Gasteiger partial charge in [0.1, 0.15) is 11.6 Å². The molecule has 0 aliphatic heterocycles. The molecule has 2 aromatic carbocycles. The fourth-order valence-corrected chi connectivity index (χ4v) is 2.00. The summed E-state index contributed by atoms with van der Waals surface area (Å²) in [4.78, 5) is 23.5. The maximum Gasteiger partial charge on any atom is 0.309 e. The Morgan fingerprint density at radius 2 is 1.43 bits per heavy atom. The highest BCUT2D eigenvalue weighted by atomic mass is 19.1. The van der Waals surface area contributed by atoms with Crippen molar-refractivity contribution in [2.24, 2.45) is 0 Å². The zero-order valence-electron chi connectivity index (χ0n) is 12.6. The summed E-state index contributed by atoms with van der Waals surface area (Å²) in [6.45, 7) is 0.115. The number of carbonyl (C=O) groups excluding carboxylic acids is 2. The lowest BCUT2D eigenvalue weighted by Crippen LogP contribution is -2.39. The summed E-state index contributed by atoms with van der Waals surface area (Å²) >= 11 is 0. The SMILES string of the molecule is COc1ccccc1CNC(=O)C(=O)NCc1ccccc1F. The van der Waals surface area contributed by atoms with Gasteiger partial charge in [0.25, 0.3) is 0 Å². The number of halogens is 1. The molecular formula is C17H17FN2O3. The lowest BCUT2D eigenvalue weighted by Gasteiger charge is -2.10. The van der Waals surface area contributed by atoms with Crippen LogP contribution in [0.25, 0.3) is 0 Å². The lowest BCUT2D eigenvalue weighted by molar-refractivity contribution is -0.139. The van der Waals surface area contributed by atoms with E-state index >= 15 is 0 Å². The fraction of sp³-hybridized carbons (Fsp3) is 0.176. The minimum atomic E-state index is -0.817. The lowest BCUT2D eigenvalue weighted by atomic mass is 10.2. The van der Waals surface area contributed by atoms with E-state index in [0.29, 0.717) is 11.3 Å². The third kappa shape index (κ3) is 4.54. The van der Waals surface area contributed by atoms with Crippen LogP contribution in [0.5, 0.6) is 5.75 Å². The number of carbonyl (C=O) groups is 2. The number of ether oxygens (including phenoxy) is 1. The number of hydrogen-bond donors (Lipinski definition) is 2. The molecule has 0 saturated carbocycles. The average molecular weight is 316 g/mol. The zero-order chi connectivity index (χ0) is 16.7. The number of hydrogen-bond acceptors (Lipinski definition) is 3. The molecule has 0 heterocycles. The normalized spacial score (nSPS) is 10.0. The van der Waals surface area contributed by atoms with Crippen molar-refractivity contribution in [2.75, 3.05) is 7.11 Å². The van der Waals surface area contributed by atoms with E-state index < -0.39 is 17.6 Å². The van der Waals surface area contributed by atoms with Gasteiger partial charge in [-0.3, -0.25) is 9.59 Å². The number of benzene rings is 2. The van der Waals surface area contributed by atoms with Crippen molar-refractivity contribution >= 4 is 11.8 Å². The van der Waals surface area contributed by atoms with E-state index in [1.54, 1.807) is 30.3 Å². The second kappa shape index (κ2) is 7.93. The molecule has 0 radical (unpaired) electrons. The summed E-state index contributed by atoms with van der Waals surface area (Å²) in [5.74, 6) is -1.41. The predicted octanol–water partition coefficient (Wildman–Crippen LogP) is 1.77. The monoisotopic (exact) mass is 316 g/mol. The molecule has 5 nitrogen and oxygen atoms in total. The van der Waals surface area contributed by atoms with Gasteiger partial charge in [-0.15, -0.1) is 0 Å². The molecule has 0 spiro atoms. The van der Waals surface area contributed by atoms with Crippen LogP contribution < -0.4 is 15.4 Å². The van der Waals surface area contributed by atoms with E-state index in [9.17, 15) is 14.0 Å². The van der Waals surface area contributed by atoms with E-state index in [-0.39, 0.29) is 13.1 Å². The van der Waals surface area contributed by atoms with Gasteiger partial charge in [-0.25, -0.2) is 4.39 Å². The zero-order valence-corrected chi connectivity index (χ0v) is 12.6. The largest absolute Gasteiger partial charge is 0.496 e. The topological polar surface area (TPSA) is 67.4 Å². The van der Waals surface area contributed by atoms with Crippen LogP contribution in [0.4, 0.5) is 4.39 Å². The van der Waals surface area contributed by atoms with Crippen LogP contribution in [0.1, 0.15) is 11.1 Å². The van der Waals surface area contributed by atoms with Gasteiger partial charge in [0, 0.05) is 24.2 Å². The summed E-state index contributed by atoms with van der Waals surface area (Å²) in [5, 5.41) is 4.88. The highest BCUT2D eigenvalue weighted by molar-refractivity contribution is 6.35. The summed E-state index contributed by atoms with van der Waals surface area (Å²) < 4.78 is 18.6. The second-order valence-electron chi connectivity index (χ2n) is 4.77. The summed E-state index contributed by atoms with van der Waals surface area (Å²) in [7, 11) is 1.53. The molecule has 0 unspecified atom stereocenters. The van der Waals surface area contributed by atoms with E-state index in [1.165, 1.54) is 13.2 Å². The molecular weight excluding hydrogens is 299 g/mol. The Kier molecular flexibility index (Phi) is 5.68. The first-order valence-electron chi connectivity index (χ1n) is 7.03. The summed E-state index contributed by atoms with van der Waals surface area (Å²) in [6.07, 6.45) is 0. The van der Waals surface area contributed by atoms with Gasteiger partial charge in [-0.2, -0.15) is 0 Å². The van der Waals surface area contributed by atoms with Crippen LogP contribution in [-0.4, -0.2) is 18.9 Å². The molecule has 0 aliphatic carbocycles. The Balaban J connectivity index is 1.86. The first kappa shape index (κ1) is 16.5. The third-order valence-corrected chi connectivity index (χ3v) is 3.24. The molecule has 0 bridgehead atoms. The van der Waals surface area contributed by atoms with Crippen LogP contribution in [0.2, 0.25) is 0 Å². The maximum absolute atomic E-state index is 13.4. The van der Waals surface area contributed by atoms with Crippen LogP contribution in [0.3, 0.4) is 0 Å². The highest BCUT2D eigenvalue weighted by Gasteiger charge is 2.14. The van der Waals surface area contributed by atoms with Crippen LogP contribution in [0.15, 0.2) is 48.5 Å². The minimum absolute atomic E-state index is 0.0480. The fourth-order valence-electron chi connectivity index (χ4n) is 2.00. The van der Waals surface area contributed by atoms with Crippen molar-refractivity contribution in [3.05, 3.63) is 65.5 Å². The molecule has 0 aliphatic rings. The molecule has 2 amide bonds. The van der Waals surface area contributed by atoms with Crippen LogP contribution >= 0.6 is 0 Å². The van der Waals surface area contributed by atoms with Gasteiger partial charge < -0.3 is 15.4 Å². The first-order valence-corrected chi connectivity index (χ1v) is 7.03. The molecule has 6 heteroatoms. The molecule has 0 aromatic heterocycles. The van der Waals surface area contributed by atoms with Crippen molar-refractivity contribution in [1.29, 1.82) is 0 Å². The van der Waals surface area contributed by atoms with Crippen molar-refractivity contribution in [2.45, 2.75) is 13.1 Å². The quantitative estimate of drug-likeness (QED) is 0.826. The molecule has 0 atom stereocenters. The van der Waals surface area contributed by atoms with Gasteiger partial charge in [-0.05, 0) is 12.1 Å². The second-order valence-corrected chi connectivity index (χ2v) is 4.77. The molecule has 2 N–H and O–H groups in total. The third-order valence-electron chi connectivity index (χ3n) is 3.24. The Morgan fingerprint density at radius 3 is 2.04 bits per heavy atom. The molecule has 0 saturated heterocycles. The maximum atomic E-state index is 13.4. The van der Waals surface area contributed by atoms with Crippen molar-refractivity contribution in [1.82, 2.24) is 10.6 Å². The van der Waals surface area contributed by atoms with Crippen molar-refractivity contribution in [3.63, 3.8) is 0 Å². The average Bonchev–Trinajstić information content (AvgIpc) is 2.58. The molecule has 2 rings (SSSR count). The predicted molar refractivity (Wildman–Crippen MR) is 83.1 cm³/mol. The molecule has 23 heavy (non-hydrogen) atoms. The van der Waals surface area contributed by atoms with Crippen molar-refractivity contribution in [3.8, 4) is 5.75 Å². The number of nitrogens with one attached hydrogen (secondary N) is 2. The van der Waals surface area contributed by atoms with Gasteiger partial charge >= 0.3 is 11.8 Å². The number of rotatable bonds is 5. The molecule has 2 aromatic rings. The molecule has 120 valence electrons. The Hall–Kier alpha value is -2.89. The number of para-hydroxylation sites is 1. The number of methoxy groups -OCH3 is 1. The Bertz CT molecular complexity index is 704. The van der Waals surface area contributed by atoms with Crippen LogP contribution in [-0.2, 0) is 22.7 Å². The molecule has 0 fully saturated rings. The summed E-state index contributed by atoms with van der Waals surface area (Å²) in [5.41, 5.74) is 1.07. The van der Waals surface area contributed by atoms with E-state index in [0.717, 1.165) is 5.56 Å². The van der Waals surface area contributed by atoms with E-state index in [4.69, 9.17) is 4.74 Å². The number of amides is 2. The van der Waals surface area contributed by atoms with E-state index in [2.05, 4.69) is 10.6 Å². The van der Waals surface area contributed by atoms with Crippen LogP contribution in [0, 0.1) is 5.82 Å². The van der Waals surface area contributed by atoms with Gasteiger partial charge in [0.15, 0.2) is 0 Å². The minimum Gasteiger partial charge on any atom is -0.496 e. The Morgan fingerprint density at radius 1 is 0.913 bits per heavy atom.